The van der Waals surface area contributed by atoms with Gasteiger partial charge >= 0.3 is 47.8 Å². The van der Waals surface area contributed by atoms with Crippen molar-refractivity contribution in [3.8, 4) is 0 Å². The third kappa shape index (κ3) is 33.0. The van der Waals surface area contributed by atoms with Crippen molar-refractivity contribution in [1.82, 2.24) is 0 Å². The summed E-state index contributed by atoms with van der Waals surface area (Å²) in [5, 5.41) is 41.6. The van der Waals surface area contributed by atoms with E-state index in [9.17, 15) is 55.9 Å². The Labute approximate surface area is 446 Å². The molecule has 0 bridgehead atoms. The molecule has 7 N–H and O–H groups in total. The number of carboxylic acids is 3. The van der Waals surface area contributed by atoms with Crippen LogP contribution in [0.1, 0.15) is 165 Å². The minimum Gasteiger partial charge on any atom is -0.481 e. The number of hydrogen-bond acceptors (Lipinski definition) is 19. The molecule has 27 heteroatoms. The van der Waals surface area contributed by atoms with Gasteiger partial charge in [0, 0.05) is 64.7 Å². The summed E-state index contributed by atoms with van der Waals surface area (Å²) in [6.07, 6.45) is 0.431. The maximum Gasteiger partial charge on any atom is 0.345 e. The summed E-state index contributed by atoms with van der Waals surface area (Å²) in [7, 11) is 0. The molecule has 444 valence electrons. The van der Waals surface area contributed by atoms with Gasteiger partial charge < -0.3 is 69.2 Å². The summed E-state index contributed by atoms with van der Waals surface area (Å²) >= 11 is 5.44. The van der Waals surface area contributed by atoms with Gasteiger partial charge in [-0.25, -0.2) is 27.2 Å². The highest BCUT2D eigenvalue weighted by molar-refractivity contribution is 6.20. The predicted octanol–water partition coefficient (Wildman–Crippen LogP) is 6.24. The number of aliphatic carboxylic acids is 3. The number of aliphatic hydroxyl groups excluding tert-OH is 2. The summed E-state index contributed by atoms with van der Waals surface area (Å²) < 4.78 is 88.2. The number of ether oxygens (including phenoxy) is 8. The van der Waals surface area contributed by atoms with E-state index < -0.39 is 90.8 Å². The van der Waals surface area contributed by atoms with E-state index >= 15 is 0 Å². The summed E-state index contributed by atoms with van der Waals surface area (Å²) in [5.74, 6) is -5.08. The topological polar surface area (TPSA) is 338 Å². The SMILES string of the molecule is CC.CC[C@@H]1CC(F)C(=O)O1.CC[C@@H]1CC(F)[C@@H](Cl)O1.CC[C@@H]1CC(F)[C@H](O)O1.CC[C@@H]1CC(F)[C@H](OC(C)=O)O1.CC[C@@H]1CCC(=O)O1.N[C@@H](CCC(=O)O)C(=O)O.O=C1CC[C@@H](C(=O)O)O1.O=C1CC[C@@H](CO)O1. The van der Waals surface area contributed by atoms with Crippen LogP contribution in [0.3, 0.4) is 0 Å². The Hall–Kier alpha value is -4.47. The van der Waals surface area contributed by atoms with Crippen LogP contribution in [0.5, 0.6) is 0 Å². The lowest BCUT2D eigenvalue weighted by molar-refractivity contribution is -0.180. The molecule has 0 spiro atoms. The van der Waals surface area contributed by atoms with Gasteiger partial charge in [-0.3, -0.25) is 28.8 Å². The number of esters is 5. The highest BCUT2D eigenvalue weighted by Crippen LogP contribution is 2.28. The molecule has 0 radical (unpaired) electrons. The number of carbonyl (C=O) groups excluding carboxylic acids is 5. The Balaban J connectivity index is 0. The second-order valence-electron chi connectivity index (χ2n) is 17.3. The second kappa shape index (κ2) is 41.6. The van der Waals surface area contributed by atoms with Crippen molar-refractivity contribution in [2.75, 3.05) is 6.61 Å². The van der Waals surface area contributed by atoms with E-state index in [1.807, 2.05) is 48.5 Å². The molecule has 7 aliphatic rings. The first-order chi connectivity index (χ1) is 35.7. The lowest BCUT2D eigenvalue weighted by Crippen LogP contribution is -2.30. The van der Waals surface area contributed by atoms with Crippen LogP contribution in [0.15, 0.2) is 0 Å². The quantitative estimate of drug-likeness (QED) is 0.0544. The summed E-state index contributed by atoms with van der Waals surface area (Å²) in [4.78, 5) is 81.7. The molecule has 7 aliphatic heterocycles. The molecule has 22 nitrogen and oxygen atoms in total. The zero-order chi connectivity index (χ0) is 58.7. The van der Waals surface area contributed by atoms with Crippen LogP contribution in [-0.2, 0) is 76.3 Å². The first kappa shape index (κ1) is 73.6. The van der Waals surface area contributed by atoms with Crippen LogP contribution < -0.4 is 5.73 Å². The second-order valence-corrected chi connectivity index (χ2v) is 17.7. The van der Waals surface area contributed by atoms with Crippen molar-refractivity contribution in [1.29, 1.82) is 0 Å². The van der Waals surface area contributed by atoms with Crippen LogP contribution in [0.2, 0.25) is 0 Å². The molecule has 76 heavy (non-hydrogen) atoms. The van der Waals surface area contributed by atoms with Crippen LogP contribution in [0, 0.1) is 0 Å². The maximum atomic E-state index is 13.0. The standard InChI is InChI=1S/C8H13FO3.C6H10ClFO.C6H11FO2.C6H9FO2.C6H10O2.C5H9NO4.C5H6O4.C5H8O3.C2H6/c1-3-6-4-7(9)8(12-6)11-5(2)10;1-2-4-3-5(8)6(7)9-4;2*1-2-4-3-5(7)6(8)9-4;1-2-5-3-4-6(7)8-5;6-3(5(9)10)1-2-4(7)8;6-4-2-1-3(9-4)5(7)8;6-3-4-1-2-5(7)8-4;1-2/h6-8H,3-4H2,1-2H3;4-6H,2-3H2,1H3;4-6,8H,2-3H2,1H3;4-5H,2-3H2,1H3;5H,2-4H2,1H3;3H,1-2,6H2,(H,7,8)(H,9,10);3H,1-2H2,(H,7,8);4,6H,1-3H2;1-2H3/t6-,7?,8-;4-,5?,6+;4-,5?,6-;4-,5?;5-;2*3-;4-;/m11111000./s1. The van der Waals surface area contributed by atoms with Gasteiger partial charge in [0.2, 0.25) is 12.5 Å². The molecule has 0 aromatic heterocycles. The van der Waals surface area contributed by atoms with Gasteiger partial charge in [-0.2, -0.15) is 0 Å². The molecule has 4 unspecified atom stereocenters. The Morgan fingerprint density at radius 2 is 1.11 bits per heavy atom. The van der Waals surface area contributed by atoms with Gasteiger partial charge in [0.25, 0.3) is 0 Å². The van der Waals surface area contributed by atoms with Gasteiger partial charge in [0.1, 0.15) is 30.5 Å². The monoisotopic (exact) mass is 1130 g/mol. The normalized spacial score (nSPS) is 30.7. The number of hydrogen-bond donors (Lipinski definition) is 6. The van der Waals surface area contributed by atoms with Gasteiger partial charge in [-0.05, 0) is 51.4 Å². The number of cyclic esters (lactones) is 4. The van der Waals surface area contributed by atoms with Crippen molar-refractivity contribution in [2.24, 2.45) is 5.73 Å². The number of alkyl halides is 5. The summed E-state index contributed by atoms with van der Waals surface area (Å²) in [5.41, 5.74) is 4.30. The molecule has 0 saturated carbocycles. The lowest BCUT2D eigenvalue weighted by atomic mass is 10.2. The molecule has 0 aromatic rings. The Morgan fingerprint density at radius 1 is 0.645 bits per heavy atom. The predicted molar refractivity (Wildman–Crippen MR) is 261 cm³/mol. The fraction of sp³-hybridized carbons (Fsp3) is 0.837. The molecule has 7 fully saturated rings. The van der Waals surface area contributed by atoms with E-state index in [4.69, 9.17) is 61.8 Å². The van der Waals surface area contributed by atoms with Gasteiger partial charge in [-0.1, -0.05) is 60.1 Å². The summed E-state index contributed by atoms with van der Waals surface area (Å²) in [6, 6.07) is -1.06. The van der Waals surface area contributed by atoms with Gasteiger partial charge in [-0.15, -0.1) is 0 Å². The van der Waals surface area contributed by atoms with E-state index in [0.717, 1.165) is 32.1 Å². The van der Waals surface area contributed by atoms with Crippen molar-refractivity contribution in [3.63, 3.8) is 0 Å². The molecule has 7 saturated heterocycles. The van der Waals surface area contributed by atoms with Gasteiger partial charge in [0.15, 0.2) is 30.3 Å². The maximum absolute atomic E-state index is 13.0. The van der Waals surface area contributed by atoms with Crippen molar-refractivity contribution in [3.05, 3.63) is 0 Å². The molecule has 15 atom stereocenters. The Morgan fingerprint density at radius 3 is 1.36 bits per heavy atom. The van der Waals surface area contributed by atoms with Crippen LogP contribution in [0.25, 0.3) is 0 Å². The molecular formula is C49H82ClF4NO21. The van der Waals surface area contributed by atoms with Crippen molar-refractivity contribution in [2.45, 2.75) is 256 Å². The fourth-order valence-electron chi connectivity index (χ4n) is 6.68. The molecule has 7 heterocycles. The minimum absolute atomic E-state index is 0.0231. The average molecular weight is 1130 g/mol. The first-order valence-corrected chi connectivity index (χ1v) is 26.0. The highest BCUT2D eigenvalue weighted by atomic mass is 35.5. The average Bonchev–Trinajstić information content (AvgIpc) is 4.29. The zero-order valence-electron chi connectivity index (χ0n) is 44.6. The van der Waals surface area contributed by atoms with Crippen LogP contribution in [0.4, 0.5) is 17.6 Å². The number of carboxylic acid groups (broad SMARTS) is 3. The lowest BCUT2D eigenvalue weighted by Gasteiger charge is -2.12. The van der Waals surface area contributed by atoms with E-state index in [2.05, 4.69) is 18.9 Å². The molecule has 0 aromatic carbocycles. The van der Waals surface area contributed by atoms with Crippen molar-refractivity contribution >= 4 is 59.4 Å². The third-order valence-corrected chi connectivity index (χ3v) is 11.6. The van der Waals surface area contributed by atoms with E-state index in [1.54, 1.807) is 0 Å². The minimum atomic E-state index is -1.37. The molecule has 7 rings (SSSR count). The van der Waals surface area contributed by atoms with E-state index in [-0.39, 0.29) is 80.9 Å². The molecule has 0 amide bonds. The van der Waals surface area contributed by atoms with Crippen LogP contribution in [-0.4, -0.2) is 171 Å². The largest absolute Gasteiger partial charge is 0.481 e. The smallest absolute Gasteiger partial charge is 0.345 e. The fourth-order valence-corrected chi connectivity index (χ4v) is 6.93. The van der Waals surface area contributed by atoms with Crippen molar-refractivity contribution < 1.29 is 119 Å². The third-order valence-electron chi connectivity index (χ3n) is 11.2. The zero-order valence-corrected chi connectivity index (χ0v) is 45.4. The first-order valence-electron chi connectivity index (χ1n) is 25.6. The Kier molecular flexibility index (Phi) is 40.3. The number of nitrogens with two attached hydrogens (primary N) is 1. The molecule has 0 aliphatic carbocycles. The Bertz CT molecular complexity index is 1640. The number of rotatable bonds is 12. The van der Waals surface area contributed by atoms with E-state index in [0.29, 0.717) is 51.4 Å². The van der Waals surface area contributed by atoms with E-state index in [1.165, 1.54) is 6.92 Å². The number of halogens is 5. The number of carbonyl (C=O) groups is 8. The van der Waals surface area contributed by atoms with Crippen LogP contribution >= 0.6 is 11.6 Å². The summed E-state index contributed by atoms with van der Waals surface area (Å²) in [6.45, 7) is 14.9. The number of aliphatic hydroxyl groups is 2. The van der Waals surface area contributed by atoms with Gasteiger partial charge in [0.05, 0.1) is 24.9 Å². The highest BCUT2D eigenvalue weighted by Gasteiger charge is 2.37. The molecular weight excluding hydrogens is 1050 g/mol.